The van der Waals surface area contributed by atoms with Crippen LogP contribution in [0, 0.1) is 6.92 Å². The predicted molar refractivity (Wildman–Crippen MR) is 173 cm³/mol. The fourth-order valence-corrected chi connectivity index (χ4v) is 7.86. The third kappa shape index (κ3) is 6.20. The van der Waals surface area contributed by atoms with Gasteiger partial charge in [0, 0.05) is 43.1 Å². The van der Waals surface area contributed by atoms with Gasteiger partial charge in [0.15, 0.2) is 11.0 Å². The van der Waals surface area contributed by atoms with Gasteiger partial charge in [0.1, 0.15) is 4.90 Å². The van der Waals surface area contributed by atoms with E-state index in [0.717, 1.165) is 36.1 Å². The van der Waals surface area contributed by atoms with E-state index in [0.29, 0.717) is 40.5 Å². The maximum Gasteiger partial charge on any atom is 0.336 e. The van der Waals surface area contributed by atoms with Crippen LogP contribution in [0.4, 0.5) is 11.4 Å². The summed E-state index contributed by atoms with van der Waals surface area (Å²) < 4.78 is 28.4. The molecule has 2 amide bonds. The van der Waals surface area contributed by atoms with E-state index in [9.17, 15) is 18.0 Å². The van der Waals surface area contributed by atoms with Crippen LogP contribution in [-0.4, -0.2) is 62.0 Å². The van der Waals surface area contributed by atoms with E-state index in [1.54, 1.807) is 48.5 Å². The van der Waals surface area contributed by atoms with E-state index in [4.69, 9.17) is 0 Å². The minimum Gasteiger partial charge on any atom is -0.368 e. The second kappa shape index (κ2) is 12.6. The van der Waals surface area contributed by atoms with Gasteiger partial charge in [-0.25, -0.2) is 4.98 Å². The van der Waals surface area contributed by atoms with Crippen molar-refractivity contribution in [2.45, 2.75) is 17.0 Å². The lowest BCUT2D eigenvalue weighted by Crippen LogP contribution is -2.48. The van der Waals surface area contributed by atoms with E-state index >= 15 is 0 Å². The Morgan fingerprint density at radius 1 is 0.864 bits per heavy atom. The largest absolute Gasteiger partial charge is 0.368 e. The topological polar surface area (TPSA) is 106 Å². The molecular formula is C33H32N5O4S2+. The third-order valence-corrected chi connectivity index (χ3v) is 10.3. The van der Waals surface area contributed by atoms with Crippen LogP contribution >= 0.6 is 11.8 Å². The van der Waals surface area contributed by atoms with Crippen molar-refractivity contribution >= 4 is 56.0 Å². The summed E-state index contributed by atoms with van der Waals surface area (Å²) in [6.45, 7) is 4.69. The number of H-pyrrole nitrogens is 1. The van der Waals surface area contributed by atoms with E-state index in [1.165, 1.54) is 3.97 Å². The first-order valence-corrected chi connectivity index (χ1v) is 16.7. The number of carbonyl (C=O) groups is 2. The summed E-state index contributed by atoms with van der Waals surface area (Å²) in [7, 11) is -3.89. The first-order chi connectivity index (χ1) is 21.3. The lowest BCUT2D eigenvalue weighted by molar-refractivity contribution is -0.526. The maximum absolute atomic E-state index is 13.6. The van der Waals surface area contributed by atoms with E-state index in [1.807, 2.05) is 66.4 Å². The lowest BCUT2D eigenvalue weighted by Gasteiger charge is -2.36. The van der Waals surface area contributed by atoms with Crippen LogP contribution < -0.4 is 14.2 Å². The highest BCUT2D eigenvalue weighted by molar-refractivity contribution is 8.00. The molecule has 1 aromatic heterocycles. The van der Waals surface area contributed by atoms with Crippen LogP contribution in [0.3, 0.4) is 0 Å². The molecule has 2 heterocycles. The van der Waals surface area contributed by atoms with Gasteiger partial charge < -0.3 is 15.1 Å². The summed E-state index contributed by atoms with van der Waals surface area (Å²) in [5, 5.41) is 3.25. The molecule has 0 saturated carbocycles. The van der Waals surface area contributed by atoms with Crippen molar-refractivity contribution in [2.24, 2.45) is 0 Å². The zero-order chi connectivity index (χ0) is 30.7. The predicted octanol–water partition coefficient (Wildman–Crippen LogP) is 4.69. The molecule has 0 radical (unpaired) electrons. The Hall–Kier alpha value is -4.61. The number of fused-ring (bicyclic) bond motifs is 1. The molecule has 1 saturated heterocycles. The van der Waals surface area contributed by atoms with Crippen molar-refractivity contribution < 1.29 is 22.0 Å². The lowest BCUT2D eigenvalue weighted by atomic mass is 10.1. The molecule has 0 spiro atoms. The normalized spacial score (nSPS) is 13.7. The van der Waals surface area contributed by atoms with Gasteiger partial charge in [-0.1, -0.05) is 48.0 Å². The quantitative estimate of drug-likeness (QED) is 0.191. The molecule has 1 aliphatic rings. The number of nitrogens with one attached hydrogen (secondary N) is 2. The monoisotopic (exact) mass is 626 g/mol. The highest BCUT2D eigenvalue weighted by Gasteiger charge is 2.32. The molecule has 9 nitrogen and oxygen atoms in total. The summed E-state index contributed by atoms with van der Waals surface area (Å²) >= 11 is 1.12. The molecule has 4 aromatic carbocycles. The number of para-hydroxylation sites is 2. The Morgan fingerprint density at radius 2 is 1.57 bits per heavy atom. The maximum atomic E-state index is 13.6. The molecule has 2 N–H and O–H groups in total. The van der Waals surface area contributed by atoms with Gasteiger partial charge in [-0.15, -0.1) is 3.97 Å². The molecule has 44 heavy (non-hydrogen) atoms. The standard InChI is InChI=1S/C33H31N5O4S2/c1-24-8-7-9-25(22-24)32(40)37-20-18-36(19-21-37)27-16-14-26(15-17-27)34-31(39)23-43-33-35-29-12-5-6-13-30(29)38(33)44(41,42)28-10-3-2-4-11-28/h2-17,22H,18-21,23H2,1H3,(H,34,39)/p+1. The molecule has 0 unspecified atom stereocenters. The fourth-order valence-electron chi connectivity index (χ4n) is 5.28. The molecule has 6 rings (SSSR count). The smallest absolute Gasteiger partial charge is 0.336 e. The SMILES string of the molecule is Cc1cccc(C(=O)N2CCN(c3ccc(NC(=O)CSc4[nH]c5ccccc5[n+]4S(=O)(=O)c4ccccc4)cc3)CC2)c1. The first-order valence-electron chi connectivity index (χ1n) is 14.3. The third-order valence-electron chi connectivity index (χ3n) is 7.52. The number of nitrogens with zero attached hydrogens (tertiary/aromatic N) is 3. The number of rotatable bonds is 8. The number of thioether (sulfide) groups is 1. The number of amides is 2. The van der Waals surface area contributed by atoms with Crippen LogP contribution in [0.2, 0.25) is 0 Å². The highest BCUT2D eigenvalue weighted by Crippen LogP contribution is 2.23. The number of imidazole rings is 1. The fraction of sp³-hybridized carbons (Fsp3) is 0.182. The Bertz CT molecular complexity index is 1920. The number of hydrogen-bond acceptors (Lipinski definition) is 6. The van der Waals surface area contributed by atoms with Crippen LogP contribution in [0.25, 0.3) is 11.0 Å². The molecule has 0 aliphatic carbocycles. The number of aromatic nitrogens is 2. The number of anilines is 2. The van der Waals surface area contributed by atoms with Crippen molar-refractivity contribution in [3.63, 3.8) is 0 Å². The van der Waals surface area contributed by atoms with Gasteiger partial charge in [-0.2, -0.15) is 8.42 Å². The number of piperazine rings is 1. The van der Waals surface area contributed by atoms with Gasteiger partial charge in [0.25, 0.3) is 5.91 Å². The second-order valence-corrected chi connectivity index (χ2v) is 13.3. The molecule has 1 fully saturated rings. The average molecular weight is 627 g/mol. The molecule has 224 valence electrons. The Kier molecular flexibility index (Phi) is 8.40. The summed E-state index contributed by atoms with van der Waals surface area (Å²) in [5.74, 6) is -0.191. The van der Waals surface area contributed by atoms with Gasteiger partial charge in [0.2, 0.25) is 5.91 Å². The first kappa shape index (κ1) is 29.5. The summed E-state index contributed by atoms with van der Waals surface area (Å²) in [6, 6.07) is 30.7. The van der Waals surface area contributed by atoms with Crippen molar-refractivity contribution in [3.8, 4) is 0 Å². The average Bonchev–Trinajstić information content (AvgIpc) is 3.44. The van der Waals surface area contributed by atoms with Crippen molar-refractivity contribution in [2.75, 3.05) is 42.1 Å². The van der Waals surface area contributed by atoms with Crippen molar-refractivity contribution in [1.82, 2.24) is 9.88 Å². The van der Waals surface area contributed by atoms with Gasteiger partial charge in [-0.3, -0.25) is 9.59 Å². The van der Waals surface area contributed by atoms with E-state index in [2.05, 4.69) is 15.2 Å². The van der Waals surface area contributed by atoms with Gasteiger partial charge in [0.05, 0.1) is 5.75 Å². The van der Waals surface area contributed by atoms with Crippen LogP contribution in [0.15, 0.2) is 113 Å². The van der Waals surface area contributed by atoms with Gasteiger partial charge in [-0.05, 0) is 79.3 Å². The van der Waals surface area contributed by atoms with E-state index < -0.39 is 10.0 Å². The number of aryl methyl sites for hydroxylation is 1. The molecule has 5 aromatic rings. The molecular weight excluding hydrogens is 595 g/mol. The molecule has 1 aliphatic heterocycles. The Morgan fingerprint density at radius 3 is 2.30 bits per heavy atom. The van der Waals surface area contributed by atoms with Gasteiger partial charge >= 0.3 is 15.2 Å². The van der Waals surface area contributed by atoms with Crippen LogP contribution in [0.5, 0.6) is 0 Å². The number of hydrogen-bond donors (Lipinski definition) is 2. The van der Waals surface area contributed by atoms with Crippen LogP contribution in [-0.2, 0) is 14.8 Å². The summed E-state index contributed by atoms with van der Waals surface area (Å²) in [5.41, 5.74) is 4.62. The second-order valence-electron chi connectivity index (χ2n) is 10.6. The minimum atomic E-state index is -3.89. The Labute approximate surface area is 260 Å². The molecule has 0 atom stereocenters. The zero-order valence-electron chi connectivity index (χ0n) is 24.1. The van der Waals surface area contributed by atoms with Crippen molar-refractivity contribution in [3.05, 3.63) is 114 Å². The number of carbonyl (C=O) groups excluding carboxylic acids is 2. The molecule has 0 bridgehead atoms. The summed E-state index contributed by atoms with van der Waals surface area (Å²) in [6.07, 6.45) is 0. The van der Waals surface area contributed by atoms with E-state index in [-0.39, 0.29) is 22.5 Å². The molecule has 11 heteroatoms. The minimum absolute atomic E-state index is 0.00973. The number of benzene rings is 4. The zero-order valence-corrected chi connectivity index (χ0v) is 25.8. The summed E-state index contributed by atoms with van der Waals surface area (Å²) in [4.78, 5) is 33.2. The highest BCUT2D eigenvalue weighted by atomic mass is 32.2. The van der Waals surface area contributed by atoms with Crippen molar-refractivity contribution in [1.29, 1.82) is 0 Å². The Balaban J connectivity index is 1.07. The number of aromatic amines is 1. The van der Waals surface area contributed by atoms with Crippen LogP contribution in [0.1, 0.15) is 15.9 Å².